The lowest BCUT2D eigenvalue weighted by atomic mass is 9.99. The molecule has 0 atom stereocenters. The molecule has 0 saturated carbocycles. The average molecular weight is 432 g/mol. The van der Waals surface area contributed by atoms with E-state index in [1.54, 1.807) is 18.2 Å². The first-order valence-corrected chi connectivity index (χ1v) is 10.3. The third-order valence-corrected chi connectivity index (χ3v) is 5.52. The molecule has 0 spiro atoms. The molecule has 156 valence electrons. The summed E-state index contributed by atoms with van der Waals surface area (Å²) < 4.78 is 1.22. The van der Waals surface area contributed by atoms with Gasteiger partial charge in [0.1, 0.15) is 6.54 Å². The molecule has 0 saturated heterocycles. The van der Waals surface area contributed by atoms with E-state index in [4.69, 9.17) is 11.6 Å². The van der Waals surface area contributed by atoms with Crippen LogP contribution >= 0.6 is 11.6 Å². The third-order valence-electron chi connectivity index (χ3n) is 5.21. The van der Waals surface area contributed by atoms with Crippen molar-refractivity contribution in [2.24, 2.45) is 0 Å². The van der Waals surface area contributed by atoms with Gasteiger partial charge in [0.25, 0.3) is 5.56 Å². The highest BCUT2D eigenvalue weighted by molar-refractivity contribution is 6.33. The van der Waals surface area contributed by atoms with E-state index in [-0.39, 0.29) is 18.0 Å². The number of anilines is 1. The molecule has 1 amide bonds. The zero-order valence-electron chi connectivity index (χ0n) is 17.6. The van der Waals surface area contributed by atoms with Gasteiger partial charge in [0.2, 0.25) is 5.91 Å². The van der Waals surface area contributed by atoms with Gasteiger partial charge in [0.05, 0.1) is 21.8 Å². The number of fused-ring (bicyclic) bond motifs is 1. The minimum atomic E-state index is -0.373. The Hall–Kier alpha value is -3.44. The number of hydrogen-bond donors (Lipinski definition) is 1. The fourth-order valence-electron chi connectivity index (χ4n) is 3.58. The molecule has 1 aromatic heterocycles. The summed E-state index contributed by atoms with van der Waals surface area (Å²) in [6.07, 6.45) is 0. The number of aryl methyl sites for hydroxylation is 3. The summed E-state index contributed by atoms with van der Waals surface area (Å²) in [6.45, 7) is 5.73. The van der Waals surface area contributed by atoms with E-state index in [9.17, 15) is 9.59 Å². The number of rotatable bonds is 4. The second kappa shape index (κ2) is 8.36. The molecule has 4 aromatic rings. The van der Waals surface area contributed by atoms with E-state index in [1.807, 2.05) is 63.2 Å². The number of amides is 1. The maximum Gasteiger partial charge on any atom is 0.275 e. The van der Waals surface area contributed by atoms with Crippen LogP contribution in [0.25, 0.3) is 22.0 Å². The maximum atomic E-state index is 13.1. The Morgan fingerprint density at radius 3 is 2.39 bits per heavy atom. The molecular weight excluding hydrogens is 410 g/mol. The molecule has 1 heterocycles. The van der Waals surface area contributed by atoms with Gasteiger partial charge in [-0.3, -0.25) is 9.59 Å². The van der Waals surface area contributed by atoms with Crippen LogP contribution in [0, 0.1) is 20.8 Å². The molecule has 1 N–H and O–H groups in total. The average Bonchev–Trinajstić information content (AvgIpc) is 2.74. The van der Waals surface area contributed by atoms with Gasteiger partial charge < -0.3 is 5.32 Å². The number of nitrogens with one attached hydrogen (secondary N) is 1. The minimum Gasteiger partial charge on any atom is -0.323 e. The lowest BCUT2D eigenvalue weighted by Gasteiger charge is -2.14. The fourth-order valence-corrected chi connectivity index (χ4v) is 3.86. The Kier molecular flexibility index (Phi) is 5.61. The van der Waals surface area contributed by atoms with Gasteiger partial charge in [-0.1, -0.05) is 53.6 Å². The van der Waals surface area contributed by atoms with E-state index in [0.717, 1.165) is 27.6 Å². The van der Waals surface area contributed by atoms with Gasteiger partial charge in [-0.25, -0.2) is 4.68 Å². The summed E-state index contributed by atoms with van der Waals surface area (Å²) in [6, 6.07) is 18.8. The number of benzene rings is 3. The van der Waals surface area contributed by atoms with Crippen molar-refractivity contribution < 1.29 is 4.79 Å². The Balaban J connectivity index is 1.78. The highest BCUT2D eigenvalue weighted by Crippen LogP contribution is 2.28. The summed E-state index contributed by atoms with van der Waals surface area (Å²) in [5.74, 6) is -0.373. The zero-order valence-corrected chi connectivity index (χ0v) is 18.3. The van der Waals surface area contributed by atoms with Crippen molar-refractivity contribution in [3.8, 4) is 11.3 Å². The number of aromatic nitrogens is 2. The van der Waals surface area contributed by atoms with Crippen molar-refractivity contribution in [2.75, 3.05) is 5.32 Å². The second-order valence-corrected chi connectivity index (χ2v) is 8.11. The summed E-state index contributed by atoms with van der Waals surface area (Å²) in [7, 11) is 0. The molecule has 5 nitrogen and oxygen atoms in total. The Morgan fingerprint density at radius 1 is 0.968 bits per heavy atom. The third kappa shape index (κ3) is 4.23. The summed E-state index contributed by atoms with van der Waals surface area (Å²) in [4.78, 5) is 25.8. The smallest absolute Gasteiger partial charge is 0.275 e. The van der Waals surface area contributed by atoms with Crippen LogP contribution in [0.15, 0.2) is 65.5 Å². The quantitative estimate of drug-likeness (QED) is 0.478. The predicted octanol–water partition coefficient (Wildman–Crippen LogP) is 5.28. The standard InChI is InChI=1S/C25H22ClN3O2/c1-15-8-10-17(3)20(12-15)24-18-6-4-5-7-19(18)25(31)29(28-24)14-23(30)27-22-11-9-16(2)13-21(22)26/h4-13H,14H2,1-3H3,(H,27,30). The molecule has 6 heteroatoms. The van der Waals surface area contributed by atoms with E-state index in [0.29, 0.717) is 21.8 Å². The van der Waals surface area contributed by atoms with Crippen LogP contribution in [0.1, 0.15) is 16.7 Å². The van der Waals surface area contributed by atoms with Gasteiger partial charge >= 0.3 is 0 Å². The molecule has 0 fully saturated rings. The molecule has 3 aromatic carbocycles. The van der Waals surface area contributed by atoms with Gasteiger partial charge in [-0.05, 0) is 56.2 Å². The van der Waals surface area contributed by atoms with E-state index in [2.05, 4.69) is 10.4 Å². The predicted molar refractivity (Wildman–Crippen MR) is 126 cm³/mol. The number of carbonyl (C=O) groups excluding carboxylic acids is 1. The number of halogens is 1. The van der Waals surface area contributed by atoms with Crippen molar-refractivity contribution >= 4 is 34.0 Å². The molecule has 0 unspecified atom stereocenters. The number of nitrogens with zero attached hydrogens (tertiary/aromatic N) is 2. The van der Waals surface area contributed by atoms with Crippen LogP contribution in [-0.4, -0.2) is 15.7 Å². The number of hydrogen-bond acceptors (Lipinski definition) is 3. The number of carbonyl (C=O) groups is 1. The SMILES string of the molecule is Cc1ccc(NC(=O)Cn2nc(-c3cc(C)ccc3C)c3ccccc3c2=O)c(Cl)c1. The van der Waals surface area contributed by atoms with Gasteiger partial charge in [-0.15, -0.1) is 0 Å². The van der Waals surface area contributed by atoms with E-state index >= 15 is 0 Å². The summed E-state index contributed by atoms with van der Waals surface area (Å²) >= 11 is 6.22. The van der Waals surface area contributed by atoms with Crippen LogP contribution in [0.4, 0.5) is 5.69 Å². The lowest BCUT2D eigenvalue weighted by molar-refractivity contribution is -0.117. The maximum absolute atomic E-state index is 13.1. The highest BCUT2D eigenvalue weighted by atomic mass is 35.5. The molecule has 0 aliphatic carbocycles. The van der Waals surface area contributed by atoms with Crippen LogP contribution < -0.4 is 10.9 Å². The monoisotopic (exact) mass is 431 g/mol. The van der Waals surface area contributed by atoms with E-state index < -0.39 is 0 Å². The molecule has 0 bridgehead atoms. The van der Waals surface area contributed by atoms with Crippen LogP contribution in [-0.2, 0) is 11.3 Å². The van der Waals surface area contributed by atoms with Crippen molar-refractivity contribution in [2.45, 2.75) is 27.3 Å². The topological polar surface area (TPSA) is 64.0 Å². The molecule has 31 heavy (non-hydrogen) atoms. The lowest BCUT2D eigenvalue weighted by Crippen LogP contribution is -2.30. The van der Waals surface area contributed by atoms with Gasteiger partial charge in [0, 0.05) is 10.9 Å². The van der Waals surface area contributed by atoms with Crippen LogP contribution in [0.5, 0.6) is 0 Å². The fraction of sp³-hybridized carbons (Fsp3) is 0.160. The Bertz CT molecular complexity index is 1380. The van der Waals surface area contributed by atoms with Crippen molar-refractivity contribution in [1.82, 2.24) is 9.78 Å². The zero-order chi connectivity index (χ0) is 22.1. The largest absolute Gasteiger partial charge is 0.323 e. The summed E-state index contributed by atoms with van der Waals surface area (Å²) in [5, 5.41) is 9.11. The minimum absolute atomic E-state index is 0.217. The molecule has 0 aliphatic heterocycles. The van der Waals surface area contributed by atoms with E-state index in [1.165, 1.54) is 4.68 Å². The summed E-state index contributed by atoms with van der Waals surface area (Å²) in [5.41, 5.74) is 4.94. The molecule has 4 rings (SSSR count). The Morgan fingerprint density at radius 2 is 1.65 bits per heavy atom. The highest BCUT2D eigenvalue weighted by Gasteiger charge is 2.16. The van der Waals surface area contributed by atoms with Gasteiger partial charge in [0.15, 0.2) is 0 Å². The second-order valence-electron chi connectivity index (χ2n) is 7.71. The van der Waals surface area contributed by atoms with Crippen LogP contribution in [0.2, 0.25) is 5.02 Å². The van der Waals surface area contributed by atoms with Crippen molar-refractivity contribution in [3.05, 3.63) is 92.7 Å². The van der Waals surface area contributed by atoms with Crippen LogP contribution in [0.3, 0.4) is 0 Å². The first-order valence-electron chi connectivity index (χ1n) is 9.97. The van der Waals surface area contributed by atoms with Crippen molar-refractivity contribution in [3.63, 3.8) is 0 Å². The first kappa shape index (κ1) is 20.8. The van der Waals surface area contributed by atoms with Gasteiger partial charge in [-0.2, -0.15) is 5.10 Å². The Labute approximate surface area is 185 Å². The first-order chi connectivity index (χ1) is 14.8. The normalized spacial score (nSPS) is 11.0. The molecular formula is C25H22ClN3O2. The van der Waals surface area contributed by atoms with Crippen molar-refractivity contribution in [1.29, 1.82) is 0 Å². The molecule has 0 radical (unpaired) electrons. The molecule has 0 aliphatic rings.